The maximum atomic E-state index is 11.2. The maximum Gasteiger partial charge on any atom is 0.294 e. The highest BCUT2D eigenvalue weighted by atomic mass is 35.5. The van der Waals surface area contributed by atoms with Gasteiger partial charge in [0.05, 0.1) is 17.6 Å². The number of anilines is 1. The Labute approximate surface area is 134 Å². The molecule has 8 heteroatoms. The molecule has 22 heavy (non-hydrogen) atoms. The number of rotatable bonds is 6. The number of nitro groups is 1. The minimum atomic E-state index is -0.513. The Bertz CT molecular complexity index is 521. The van der Waals surface area contributed by atoms with Gasteiger partial charge in [-0.3, -0.25) is 15.0 Å². The fraction of sp³-hybridized carbons (Fsp3) is 0.571. The van der Waals surface area contributed by atoms with E-state index in [1.165, 1.54) is 6.07 Å². The highest BCUT2D eigenvalue weighted by Crippen LogP contribution is 2.31. The second kappa shape index (κ2) is 7.73. The van der Waals surface area contributed by atoms with E-state index in [-0.39, 0.29) is 5.69 Å². The fourth-order valence-electron chi connectivity index (χ4n) is 2.62. The Morgan fingerprint density at radius 1 is 1.41 bits per heavy atom. The van der Waals surface area contributed by atoms with Crippen molar-refractivity contribution < 1.29 is 14.8 Å². The third-order valence-electron chi connectivity index (χ3n) is 3.68. The Kier molecular flexibility index (Phi) is 5.96. The number of nitro benzene ring substituents is 1. The van der Waals surface area contributed by atoms with Crippen molar-refractivity contribution in [2.75, 3.05) is 51.3 Å². The molecule has 0 saturated carbocycles. The Morgan fingerprint density at radius 2 is 2.09 bits per heavy atom. The fourth-order valence-corrected chi connectivity index (χ4v) is 2.79. The second-order valence-corrected chi connectivity index (χ2v) is 5.72. The zero-order chi connectivity index (χ0) is 16.1. The minimum Gasteiger partial charge on any atom is -0.389 e. The van der Waals surface area contributed by atoms with Crippen LogP contribution >= 0.6 is 11.6 Å². The number of β-amino-alcohol motifs (C(OH)–C–C–N with tert-alkyl or cyclic N) is 1. The van der Waals surface area contributed by atoms with Crippen molar-refractivity contribution in [2.24, 2.45) is 0 Å². The van der Waals surface area contributed by atoms with Crippen LogP contribution in [-0.2, 0) is 4.74 Å². The van der Waals surface area contributed by atoms with Gasteiger partial charge in [-0.25, -0.2) is 0 Å². The second-order valence-electron chi connectivity index (χ2n) is 5.29. The van der Waals surface area contributed by atoms with Gasteiger partial charge in [-0.15, -0.1) is 0 Å². The Morgan fingerprint density at radius 3 is 2.68 bits per heavy atom. The maximum absolute atomic E-state index is 11.2. The summed E-state index contributed by atoms with van der Waals surface area (Å²) in [4.78, 5) is 14.9. The lowest BCUT2D eigenvalue weighted by Gasteiger charge is -2.36. The van der Waals surface area contributed by atoms with Crippen LogP contribution in [0, 0.1) is 10.1 Å². The van der Waals surface area contributed by atoms with Gasteiger partial charge in [-0.05, 0) is 12.1 Å². The van der Waals surface area contributed by atoms with Crippen LogP contribution < -0.4 is 4.90 Å². The lowest BCUT2D eigenvalue weighted by Crippen LogP contribution is -2.49. The van der Waals surface area contributed by atoms with Crippen LogP contribution in [0.4, 0.5) is 11.4 Å². The van der Waals surface area contributed by atoms with Gasteiger partial charge < -0.3 is 14.7 Å². The molecule has 1 aliphatic rings. The summed E-state index contributed by atoms with van der Waals surface area (Å²) in [6, 6.07) is 4.74. The molecule has 0 unspecified atom stereocenters. The van der Waals surface area contributed by atoms with Crippen LogP contribution in [0.15, 0.2) is 18.2 Å². The van der Waals surface area contributed by atoms with E-state index in [0.717, 1.165) is 13.1 Å². The average molecular weight is 330 g/mol. The van der Waals surface area contributed by atoms with Crippen LogP contribution in [0.5, 0.6) is 0 Å². The van der Waals surface area contributed by atoms with Crippen LogP contribution in [0.25, 0.3) is 0 Å². The van der Waals surface area contributed by atoms with Crippen molar-refractivity contribution in [3.63, 3.8) is 0 Å². The molecule has 1 saturated heterocycles. The highest BCUT2D eigenvalue weighted by molar-refractivity contribution is 6.30. The third kappa shape index (κ3) is 4.30. The van der Waals surface area contributed by atoms with E-state index in [0.29, 0.717) is 37.0 Å². The number of aliphatic hydroxyl groups is 1. The van der Waals surface area contributed by atoms with Crippen LogP contribution in [0.3, 0.4) is 0 Å². The molecule has 0 aromatic heterocycles. The number of methoxy groups -OCH3 is 1. The largest absolute Gasteiger partial charge is 0.389 e. The number of hydrogen-bond acceptors (Lipinski definition) is 6. The Balaban J connectivity index is 1.98. The number of nitrogens with zero attached hydrogens (tertiary/aromatic N) is 3. The molecule has 0 amide bonds. The van der Waals surface area contributed by atoms with Crippen molar-refractivity contribution in [1.29, 1.82) is 0 Å². The molecule has 1 atom stereocenters. The van der Waals surface area contributed by atoms with E-state index in [1.54, 1.807) is 19.2 Å². The average Bonchev–Trinajstić information content (AvgIpc) is 2.48. The van der Waals surface area contributed by atoms with Crippen LogP contribution in [-0.4, -0.2) is 67.5 Å². The first-order valence-corrected chi connectivity index (χ1v) is 7.47. The molecule has 1 aromatic carbocycles. The van der Waals surface area contributed by atoms with Crippen LogP contribution in [0.1, 0.15) is 0 Å². The van der Waals surface area contributed by atoms with Gasteiger partial charge in [-0.2, -0.15) is 0 Å². The summed E-state index contributed by atoms with van der Waals surface area (Å²) in [5.41, 5.74) is 0.617. The molecule has 122 valence electrons. The van der Waals surface area contributed by atoms with Gasteiger partial charge in [0.1, 0.15) is 5.69 Å². The van der Waals surface area contributed by atoms with E-state index in [2.05, 4.69) is 4.90 Å². The van der Waals surface area contributed by atoms with Crippen LogP contribution in [0.2, 0.25) is 5.02 Å². The summed E-state index contributed by atoms with van der Waals surface area (Å²) in [6.45, 7) is 3.67. The summed E-state index contributed by atoms with van der Waals surface area (Å²) >= 11 is 5.84. The lowest BCUT2D eigenvalue weighted by atomic mass is 10.2. The van der Waals surface area contributed by atoms with Gasteiger partial charge >= 0.3 is 0 Å². The molecular weight excluding hydrogens is 310 g/mol. The molecule has 0 radical (unpaired) electrons. The first kappa shape index (κ1) is 17.0. The monoisotopic (exact) mass is 329 g/mol. The molecule has 0 aliphatic carbocycles. The van der Waals surface area contributed by atoms with Crippen molar-refractivity contribution in [3.8, 4) is 0 Å². The molecule has 0 bridgehead atoms. The quantitative estimate of drug-likeness (QED) is 0.627. The third-order valence-corrected chi connectivity index (χ3v) is 3.91. The minimum absolute atomic E-state index is 0.0281. The van der Waals surface area contributed by atoms with Gasteiger partial charge in [0.2, 0.25) is 0 Å². The summed E-state index contributed by atoms with van der Waals surface area (Å²) in [5.74, 6) is 0. The van der Waals surface area contributed by atoms with E-state index in [1.807, 2.05) is 4.90 Å². The number of piperazine rings is 1. The predicted molar refractivity (Wildman–Crippen MR) is 84.6 cm³/mol. The van der Waals surface area contributed by atoms with Gasteiger partial charge in [0.15, 0.2) is 0 Å². The topological polar surface area (TPSA) is 79.1 Å². The van der Waals surface area contributed by atoms with Gasteiger partial charge in [-0.1, -0.05) is 11.6 Å². The molecule has 1 fully saturated rings. The highest BCUT2D eigenvalue weighted by Gasteiger charge is 2.24. The SMILES string of the molecule is COC[C@H](O)CN1CCN(c2ccc(Cl)cc2[N+](=O)[O-])CC1. The summed E-state index contributed by atoms with van der Waals surface area (Å²) in [5, 5.41) is 21.3. The molecule has 1 aromatic rings. The normalized spacial score (nSPS) is 17.5. The molecule has 1 heterocycles. The van der Waals surface area contributed by atoms with E-state index >= 15 is 0 Å². The predicted octanol–water partition coefficient (Wildman–Crippen LogP) is 1.38. The first-order chi connectivity index (χ1) is 10.5. The standard InChI is InChI=1S/C14H20ClN3O4/c1-22-10-12(19)9-16-4-6-17(7-5-16)13-3-2-11(15)8-14(13)18(20)21/h2-3,8,12,19H,4-7,9-10H2,1H3/t12-/m1/s1. The zero-order valence-electron chi connectivity index (χ0n) is 12.4. The van der Waals surface area contributed by atoms with Crippen molar-refractivity contribution in [1.82, 2.24) is 4.90 Å². The van der Waals surface area contributed by atoms with Crippen molar-refractivity contribution in [3.05, 3.63) is 33.3 Å². The number of halogens is 1. The molecule has 1 aliphatic heterocycles. The molecular formula is C14H20ClN3O4. The number of aliphatic hydroxyl groups excluding tert-OH is 1. The van der Waals surface area contributed by atoms with Gasteiger partial charge in [0.25, 0.3) is 5.69 Å². The smallest absolute Gasteiger partial charge is 0.294 e. The van der Waals surface area contributed by atoms with Crippen molar-refractivity contribution >= 4 is 23.0 Å². The summed E-state index contributed by atoms with van der Waals surface area (Å²) < 4.78 is 4.91. The van der Waals surface area contributed by atoms with E-state index in [4.69, 9.17) is 16.3 Å². The van der Waals surface area contributed by atoms with E-state index in [9.17, 15) is 15.2 Å². The molecule has 2 rings (SSSR count). The first-order valence-electron chi connectivity index (χ1n) is 7.09. The van der Waals surface area contributed by atoms with Crippen molar-refractivity contribution in [2.45, 2.75) is 6.10 Å². The van der Waals surface area contributed by atoms with E-state index < -0.39 is 11.0 Å². The summed E-state index contributed by atoms with van der Waals surface area (Å²) in [6.07, 6.45) is -0.513. The molecule has 1 N–H and O–H groups in total. The lowest BCUT2D eigenvalue weighted by molar-refractivity contribution is -0.384. The molecule has 0 spiro atoms. The molecule has 7 nitrogen and oxygen atoms in total. The van der Waals surface area contributed by atoms with Gasteiger partial charge in [0, 0.05) is 50.9 Å². The Hall–Kier alpha value is -1.41. The summed E-state index contributed by atoms with van der Waals surface area (Å²) in [7, 11) is 1.56. The number of ether oxygens (including phenoxy) is 1. The zero-order valence-corrected chi connectivity index (χ0v) is 13.2. The number of hydrogen-bond donors (Lipinski definition) is 1. The number of benzene rings is 1.